The maximum atomic E-state index is 5.53. The van der Waals surface area contributed by atoms with Crippen LogP contribution in [0.4, 0.5) is 0 Å². The lowest BCUT2D eigenvalue weighted by Crippen LogP contribution is -2.57. The summed E-state index contributed by atoms with van der Waals surface area (Å²) in [6.07, 6.45) is 3.84. The highest BCUT2D eigenvalue weighted by molar-refractivity contribution is 14.0. The second-order valence-corrected chi connectivity index (χ2v) is 8.53. The van der Waals surface area contributed by atoms with Crippen LogP contribution in [0.25, 0.3) is 0 Å². The lowest BCUT2D eigenvalue weighted by molar-refractivity contribution is 0.0234. The van der Waals surface area contributed by atoms with E-state index < -0.39 is 0 Å². The Morgan fingerprint density at radius 1 is 1.21 bits per heavy atom. The lowest BCUT2D eigenvalue weighted by atomic mass is 9.83. The molecular weight excluding hydrogens is 463 g/mol. The number of guanidine groups is 1. The van der Waals surface area contributed by atoms with Gasteiger partial charge in [0, 0.05) is 46.4 Å². The Kier molecular flexibility index (Phi) is 9.02. The van der Waals surface area contributed by atoms with E-state index in [0.717, 1.165) is 38.1 Å². The average Bonchev–Trinajstić information content (AvgIpc) is 2.69. The van der Waals surface area contributed by atoms with Crippen LogP contribution in [0.5, 0.6) is 0 Å². The van der Waals surface area contributed by atoms with Gasteiger partial charge in [0.05, 0.1) is 5.60 Å². The molecule has 1 aromatic carbocycles. The minimum Gasteiger partial charge on any atom is -0.377 e. The number of benzene rings is 1. The van der Waals surface area contributed by atoms with Crippen LogP contribution in [0.15, 0.2) is 35.3 Å². The number of likely N-dealkylation sites (tertiary alicyclic amines) is 2. The predicted molar refractivity (Wildman–Crippen MR) is 127 cm³/mol. The van der Waals surface area contributed by atoms with Crippen molar-refractivity contribution in [3.05, 3.63) is 35.9 Å². The second kappa shape index (κ2) is 10.8. The minimum absolute atomic E-state index is 0. The van der Waals surface area contributed by atoms with Gasteiger partial charge in [0.25, 0.3) is 0 Å². The Balaban J connectivity index is 0.00000280. The molecule has 2 unspecified atom stereocenters. The van der Waals surface area contributed by atoms with E-state index in [4.69, 9.17) is 4.74 Å². The normalized spacial score (nSPS) is 23.7. The van der Waals surface area contributed by atoms with Crippen LogP contribution in [0.3, 0.4) is 0 Å². The third-order valence-corrected chi connectivity index (χ3v) is 6.15. The Hall–Kier alpha value is -0.860. The van der Waals surface area contributed by atoms with Gasteiger partial charge in [-0.2, -0.15) is 0 Å². The first-order valence-electron chi connectivity index (χ1n) is 10.3. The van der Waals surface area contributed by atoms with Crippen LogP contribution in [0, 0.1) is 5.92 Å². The zero-order valence-electron chi connectivity index (χ0n) is 17.9. The highest BCUT2D eigenvalue weighted by Gasteiger charge is 2.36. The first kappa shape index (κ1) is 23.4. The molecule has 0 spiro atoms. The van der Waals surface area contributed by atoms with Crippen molar-refractivity contribution in [2.24, 2.45) is 10.9 Å². The van der Waals surface area contributed by atoms with Gasteiger partial charge in [-0.3, -0.25) is 9.89 Å². The minimum atomic E-state index is -0.189. The SMILES string of the molecule is CN=C(NCC(C)(C)OC)N1CCC2C(CCCN2Cc2ccccc2)C1.I. The fourth-order valence-corrected chi connectivity index (χ4v) is 4.41. The molecule has 2 atom stereocenters. The summed E-state index contributed by atoms with van der Waals surface area (Å²) in [6, 6.07) is 11.6. The number of hydrogen-bond donors (Lipinski definition) is 1. The summed E-state index contributed by atoms with van der Waals surface area (Å²) in [5, 5.41) is 3.51. The molecule has 0 aromatic heterocycles. The topological polar surface area (TPSA) is 40.1 Å². The van der Waals surface area contributed by atoms with Crippen molar-refractivity contribution < 1.29 is 4.74 Å². The molecule has 2 saturated heterocycles. The molecule has 2 fully saturated rings. The standard InChI is InChI=1S/C22H36N4O.HI/c1-22(2,27-4)17-24-21(23-3)26-14-12-20-19(16-26)11-8-13-25(20)15-18-9-6-5-7-10-18;/h5-7,9-10,19-20H,8,11-17H2,1-4H3,(H,23,24);1H. The number of ether oxygens (including phenoxy) is 1. The molecular formula is C22H37IN4O. The van der Waals surface area contributed by atoms with Gasteiger partial charge in [-0.05, 0) is 51.1 Å². The van der Waals surface area contributed by atoms with Crippen molar-refractivity contribution in [2.75, 3.05) is 40.3 Å². The van der Waals surface area contributed by atoms with E-state index in [1.165, 1.54) is 31.4 Å². The molecule has 2 aliphatic rings. The maximum absolute atomic E-state index is 5.53. The van der Waals surface area contributed by atoms with Crippen molar-refractivity contribution >= 4 is 29.9 Å². The van der Waals surface area contributed by atoms with E-state index in [1.54, 1.807) is 7.11 Å². The van der Waals surface area contributed by atoms with E-state index >= 15 is 0 Å². The number of nitrogens with zero attached hydrogens (tertiary/aromatic N) is 3. The van der Waals surface area contributed by atoms with Gasteiger partial charge < -0.3 is 15.0 Å². The number of halogens is 1. The molecule has 2 aliphatic heterocycles. The first-order valence-corrected chi connectivity index (χ1v) is 10.3. The Morgan fingerprint density at radius 3 is 2.64 bits per heavy atom. The molecule has 3 rings (SSSR count). The quantitative estimate of drug-likeness (QED) is 0.381. The van der Waals surface area contributed by atoms with E-state index in [0.29, 0.717) is 6.04 Å². The van der Waals surface area contributed by atoms with Crippen LogP contribution in [0.2, 0.25) is 0 Å². The highest BCUT2D eigenvalue weighted by atomic mass is 127. The smallest absolute Gasteiger partial charge is 0.193 e. The van der Waals surface area contributed by atoms with Gasteiger partial charge in [0.15, 0.2) is 5.96 Å². The molecule has 0 saturated carbocycles. The monoisotopic (exact) mass is 500 g/mol. The Bertz CT molecular complexity index is 622. The fraction of sp³-hybridized carbons (Fsp3) is 0.682. The molecule has 6 heteroatoms. The summed E-state index contributed by atoms with van der Waals surface area (Å²) < 4.78 is 5.53. The third-order valence-electron chi connectivity index (χ3n) is 6.15. The Labute approximate surface area is 187 Å². The number of rotatable bonds is 5. The molecule has 0 amide bonds. The van der Waals surface area contributed by atoms with E-state index in [1.807, 2.05) is 7.05 Å². The number of fused-ring (bicyclic) bond motifs is 1. The van der Waals surface area contributed by atoms with Crippen LogP contribution < -0.4 is 5.32 Å². The second-order valence-electron chi connectivity index (χ2n) is 8.53. The first-order chi connectivity index (χ1) is 13.0. The molecule has 2 heterocycles. The van der Waals surface area contributed by atoms with Crippen LogP contribution in [-0.2, 0) is 11.3 Å². The van der Waals surface area contributed by atoms with E-state index in [2.05, 4.69) is 64.3 Å². The zero-order valence-corrected chi connectivity index (χ0v) is 20.2. The summed E-state index contributed by atoms with van der Waals surface area (Å²) in [6.45, 7) is 9.44. The molecule has 158 valence electrons. The van der Waals surface area contributed by atoms with Crippen LogP contribution in [0.1, 0.15) is 38.7 Å². The van der Waals surface area contributed by atoms with Crippen LogP contribution in [-0.4, -0.2) is 67.7 Å². The fourth-order valence-electron chi connectivity index (χ4n) is 4.41. The molecule has 28 heavy (non-hydrogen) atoms. The third kappa shape index (κ3) is 6.07. The van der Waals surface area contributed by atoms with Gasteiger partial charge in [-0.1, -0.05) is 30.3 Å². The Morgan fingerprint density at radius 2 is 1.96 bits per heavy atom. The van der Waals surface area contributed by atoms with Gasteiger partial charge >= 0.3 is 0 Å². The van der Waals surface area contributed by atoms with Crippen molar-refractivity contribution in [1.82, 2.24) is 15.1 Å². The van der Waals surface area contributed by atoms with Crippen molar-refractivity contribution in [3.8, 4) is 0 Å². The van der Waals surface area contributed by atoms with Crippen LogP contribution >= 0.6 is 24.0 Å². The summed E-state index contributed by atoms with van der Waals surface area (Å²) in [5.41, 5.74) is 1.24. The number of nitrogens with one attached hydrogen (secondary N) is 1. The van der Waals surface area contributed by atoms with Crippen molar-refractivity contribution in [1.29, 1.82) is 0 Å². The van der Waals surface area contributed by atoms with E-state index in [9.17, 15) is 0 Å². The summed E-state index contributed by atoms with van der Waals surface area (Å²) in [4.78, 5) is 9.69. The molecule has 0 bridgehead atoms. The summed E-state index contributed by atoms with van der Waals surface area (Å²) >= 11 is 0. The number of aliphatic imine (C=N–C) groups is 1. The lowest BCUT2D eigenvalue weighted by Gasteiger charge is -2.48. The number of piperidine rings is 2. The number of hydrogen-bond acceptors (Lipinski definition) is 3. The highest BCUT2D eigenvalue weighted by Crippen LogP contribution is 2.31. The van der Waals surface area contributed by atoms with E-state index in [-0.39, 0.29) is 29.6 Å². The predicted octanol–water partition coefficient (Wildman–Crippen LogP) is 3.59. The van der Waals surface area contributed by atoms with Gasteiger partial charge in [0.2, 0.25) is 0 Å². The maximum Gasteiger partial charge on any atom is 0.193 e. The summed E-state index contributed by atoms with van der Waals surface area (Å²) in [7, 11) is 3.65. The number of methoxy groups -OCH3 is 1. The average molecular weight is 500 g/mol. The summed E-state index contributed by atoms with van der Waals surface area (Å²) in [5.74, 6) is 1.74. The molecule has 1 aromatic rings. The van der Waals surface area contributed by atoms with Crippen molar-refractivity contribution in [3.63, 3.8) is 0 Å². The zero-order chi connectivity index (χ0) is 19.3. The largest absolute Gasteiger partial charge is 0.377 e. The molecule has 0 aliphatic carbocycles. The van der Waals surface area contributed by atoms with Crippen molar-refractivity contribution in [2.45, 2.75) is 51.3 Å². The molecule has 0 radical (unpaired) electrons. The molecule has 5 nitrogen and oxygen atoms in total. The van der Waals surface area contributed by atoms with Gasteiger partial charge in [0.1, 0.15) is 0 Å². The molecule has 1 N–H and O–H groups in total. The van der Waals surface area contributed by atoms with Gasteiger partial charge in [-0.15, -0.1) is 24.0 Å². The van der Waals surface area contributed by atoms with Gasteiger partial charge in [-0.25, -0.2) is 0 Å².